The molecule has 6 nitrogen and oxygen atoms in total. The lowest BCUT2D eigenvalue weighted by Crippen LogP contribution is -2.31. The van der Waals surface area contributed by atoms with Gasteiger partial charge < -0.3 is 20.5 Å². The van der Waals surface area contributed by atoms with Crippen LogP contribution in [-0.4, -0.2) is 41.4 Å². The molecule has 0 radical (unpaired) electrons. The van der Waals surface area contributed by atoms with Crippen LogP contribution in [0.1, 0.15) is 25.7 Å². The van der Waals surface area contributed by atoms with Gasteiger partial charge in [0.15, 0.2) is 5.82 Å². The first-order valence-corrected chi connectivity index (χ1v) is 6.30. The molecular weight excluding hydrogens is 232 g/mol. The van der Waals surface area contributed by atoms with Crippen molar-refractivity contribution in [2.45, 2.75) is 31.7 Å². The molecule has 1 aromatic rings. The van der Waals surface area contributed by atoms with Gasteiger partial charge >= 0.3 is 0 Å². The van der Waals surface area contributed by atoms with Crippen molar-refractivity contribution < 1.29 is 9.84 Å². The zero-order chi connectivity index (χ0) is 13.0. The predicted molar refractivity (Wildman–Crippen MR) is 69.7 cm³/mol. The Kier molecular flexibility index (Phi) is 4.19. The summed E-state index contributed by atoms with van der Waals surface area (Å²) >= 11 is 0. The number of nitrogens with zero attached hydrogens (tertiary/aromatic N) is 3. The van der Waals surface area contributed by atoms with Crippen molar-refractivity contribution in [2.24, 2.45) is 0 Å². The van der Waals surface area contributed by atoms with E-state index in [1.54, 1.807) is 7.11 Å². The lowest BCUT2D eigenvalue weighted by atomic mass is 10.1. The van der Waals surface area contributed by atoms with E-state index >= 15 is 0 Å². The lowest BCUT2D eigenvalue weighted by Gasteiger charge is -2.26. The molecule has 1 unspecified atom stereocenters. The summed E-state index contributed by atoms with van der Waals surface area (Å²) in [5.74, 6) is 1.18. The molecule has 18 heavy (non-hydrogen) atoms. The summed E-state index contributed by atoms with van der Waals surface area (Å²) in [4.78, 5) is 10.5. The summed E-state index contributed by atoms with van der Waals surface area (Å²) in [5, 5.41) is 8.93. The maximum Gasteiger partial charge on any atom is 0.242 e. The highest BCUT2D eigenvalue weighted by atomic mass is 16.5. The van der Waals surface area contributed by atoms with E-state index in [1.807, 2.05) is 0 Å². The summed E-state index contributed by atoms with van der Waals surface area (Å²) in [6.45, 7) is 1.17. The van der Waals surface area contributed by atoms with Crippen molar-refractivity contribution in [3.05, 3.63) is 6.33 Å². The van der Waals surface area contributed by atoms with Crippen LogP contribution in [0.5, 0.6) is 5.88 Å². The highest BCUT2D eigenvalue weighted by molar-refractivity contribution is 5.68. The number of rotatable bonds is 5. The molecule has 3 N–H and O–H groups in total. The number of ether oxygens (including phenoxy) is 1. The number of hydrogen-bond donors (Lipinski definition) is 2. The highest BCUT2D eigenvalue weighted by Crippen LogP contribution is 2.33. The molecule has 100 valence electrons. The van der Waals surface area contributed by atoms with Gasteiger partial charge in [-0.25, -0.2) is 4.98 Å². The van der Waals surface area contributed by atoms with Crippen LogP contribution in [0.2, 0.25) is 0 Å². The van der Waals surface area contributed by atoms with E-state index in [-0.39, 0.29) is 6.61 Å². The van der Waals surface area contributed by atoms with Crippen molar-refractivity contribution in [1.82, 2.24) is 9.97 Å². The number of nitrogen functional groups attached to an aromatic ring is 1. The number of aliphatic hydroxyl groups excluding tert-OH is 1. The molecule has 1 atom stereocenters. The second-order valence-corrected chi connectivity index (χ2v) is 4.48. The van der Waals surface area contributed by atoms with Gasteiger partial charge in [0, 0.05) is 19.2 Å². The molecule has 1 aliphatic rings. The van der Waals surface area contributed by atoms with Gasteiger partial charge in [-0.2, -0.15) is 4.98 Å². The van der Waals surface area contributed by atoms with Crippen LogP contribution >= 0.6 is 0 Å². The predicted octanol–water partition coefficient (Wildman–Crippen LogP) is 0.809. The van der Waals surface area contributed by atoms with Crippen molar-refractivity contribution in [3.8, 4) is 5.88 Å². The summed E-state index contributed by atoms with van der Waals surface area (Å²) in [6, 6.07) is 0.402. The first-order valence-electron chi connectivity index (χ1n) is 6.30. The van der Waals surface area contributed by atoms with E-state index in [1.165, 1.54) is 6.33 Å². The van der Waals surface area contributed by atoms with Crippen LogP contribution < -0.4 is 15.4 Å². The quantitative estimate of drug-likeness (QED) is 0.806. The van der Waals surface area contributed by atoms with Crippen LogP contribution in [0.15, 0.2) is 6.33 Å². The zero-order valence-corrected chi connectivity index (χ0v) is 10.7. The van der Waals surface area contributed by atoms with E-state index in [2.05, 4.69) is 14.9 Å². The Labute approximate surface area is 107 Å². The number of aliphatic hydroxyl groups is 1. The second kappa shape index (κ2) is 5.86. The number of anilines is 2. The van der Waals surface area contributed by atoms with Gasteiger partial charge in [-0.15, -0.1) is 0 Å². The maximum atomic E-state index is 8.93. The Balaban J connectivity index is 2.19. The topological polar surface area (TPSA) is 84.5 Å². The fraction of sp³-hybridized carbons (Fsp3) is 0.667. The fourth-order valence-corrected chi connectivity index (χ4v) is 2.50. The molecular formula is C12H20N4O2. The average Bonchev–Trinajstić information content (AvgIpc) is 2.84. The smallest absolute Gasteiger partial charge is 0.242 e. The minimum atomic E-state index is 0.229. The van der Waals surface area contributed by atoms with Crippen LogP contribution in [0.25, 0.3) is 0 Å². The van der Waals surface area contributed by atoms with Crippen LogP contribution in [-0.2, 0) is 0 Å². The molecule has 0 bridgehead atoms. The maximum absolute atomic E-state index is 8.93. The van der Waals surface area contributed by atoms with Crippen molar-refractivity contribution in [2.75, 3.05) is 30.9 Å². The first kappa shape index (κ1) is 12.9. The number of hydrogen-bond acceptors (Lipinski definition) is 6. The largest absolute Gasteiger partial charge is 0.479 e. The number of nitrogens with two attached hydrogens (primary N) is 1. The number of aromatic nitrogens is 2. The van der Waals surface area contributed by atoms with Crippen LogP contribution in [0, 0.1) is 0 Å². The molecule has 0 amide bonds. The average molecular weight is 252 g/mol. The molecule has 0 aromatic carbocycles. The van der Waals surface area contributed by atoms with Gasteiger partial charge in [0.25, 0.3) is 0 Å². The molecule has 1 aliphatic heterocycles. The Hall–Kier alpha value is -1.56. The summed E-state index contributed by atoms with van der Waals surface area (Å²) in [5.41, 5.74) is 6.52. The van der Waals surface area contributed by atoms with Gasteiger partial charge in [-0.05, 0) is 25.7 Å². The SMILES string of the molecule is COc1ncnc(N2CCCC2CCCO)c1N. The fourth-order valence-electron chi connectivity index (χ4n) is 2.50. The summed E-state index contributed by atoms with van der Waals surface area (Å²) in [7, 11) is 1.55. The van der Waals surface area contributed by atoms with Crippen LogP contribution in [0.4, 0.5) is 11.5 Å². The van der Waals surface area contributed by atoms with Crippen molar-refractivity contribution in [3.63, 3.8) is 0 Å². The molecule has 1 saturated heterocycles. The van der Waals surface area contributed by atoms with E-state index in [0.29, 0.717) is 17.6 Å². The van der Waals surface area contributed by atoms with Crippen molar-refractivity contribution in [1.29, 1.82) is 0 Å². The second-order valence-electron chi connectivity index (χ2n) is 4.48. The third-order valence-corrected chi connectivity index (χ3v) is 3.36. The van der Waals surface area contributed by atoms with Crippen molar-refractivity contribution >= 4 is 11.5 Å². The van der Waals surface area contributed by atoms with E-state index in [4.69, 9.17) is 15.6 Å². The Morgan fingerprint density at radius 2 is 2.39 bits per heavy atom. The first-order chi connectivity index (χ1) is 8.77. The van der Waals surface area contributed by atoms with E-state index < -0.39 is 0 Å². The third-order valence-electron chi connectivity index (χ3n) is 3.36. The highest BCUT2D eigenvalue weighted by Gasteiger charge is 2.27. The van der Waals surface area contributed by atoms with Crippen LogP contribution in [0.3, 0.4) is 0 Å². The summed E-state index contributed by atoms with van der Waals surface area (Å²) in [6.07, 6.45) is 5.49. The molecule has 0 spiro atoms. The Morgan fingerprint density at radius 3 is 3.11 bits per heavy atom. The standard InChI is InChI=1S/C12H20N4O2/c1-18-12-10(13)11(14-8-15-12)16-6-2-4-9(16)5-3-7-17/h8-9,17H,2-7,13H2,1H3. The third kappa shape index (κ3) is 2.48. The molecule has 1 aromatic heterocycles. The van der Waals surface area contributed by atoms with Gasteiger partial charge in [-0.1, -0.05) is 0 Å². The van der Waals surface area contributed by atoms with Gasteiger partial charge in [-0.3, -0.25) is 0 Å². The minimum absolute atomic E-state index is 0.229. The molecule has 0 aliphatic carbocycles. The molecule has 6 heteroatoms. The molecule has 2 heterocycles. The van der Waals surface area contributed by atoms with Gasteiger partial charge in [0.1, 0.15) is 12.0 Å². The van der Waals surface area contributed by atoms with Gasteiger partial charge in [0.2, 0.25) is 5.88 Å². The summed E-state index contributed by atoms with van der Waals surface area (Å²) < 4.78 is 5.12. The monoisotopic (exact) mass is 252 g/mol. The van der Waals surface area contributed by atoms with Gasteiger partial charge in [0.05, 0.1) is 7.11 Å². The Morgan fingerprint density at radius 1 is 1.56 bits per heavy atom. The number of methoxy groups -OCH3 is 1. The lowest BCUT2D eigenvalue weighted by molar-refractivity contribution is 0.279. The van der Waals surface area contributed by atoms with E-state index in [9.17, 15) is 0 Å². The minimum Gasteiger partial charge on any atom is -0.479 e. The molecule has 1 fully saturated rings. The normalized spacial score (nSPS) is 19.2. The molecule has 0 saturated carbocycles. The zero-order valence-electron chi connectivity index (χ0n) is 10.7. The molecule has 2 rings (SSSR count). The Bertz CT molecular complexity index is 400. The van der Waals surface area contributed by atoms with E-state index in [0.717, 1.165) is 38.0 Å².